The number of hydrogen-bond acceptors (Lipinski definition) is 3. The fourth-order valence-electron chi connectivity index (χ4n) is 5.91. The van der Waals surface area contributed by atoms with Crippen molar-refractivity contribution in [2.45, 2.75) is 25.4 Å². The maximum atomic E-state index is 6.41. The van der Waals surface area contributed by atoms with Crippen molar-refractivity contribution in [3.05, 3.63) is 113 Å². The first-order chi connectivity index (χ1) is 16.3. The second-order valence-corrected chi connectivity index (χ2v) is 9.22. The lowest BCUT2D eigenvalue weighted by Crippen LogP contribution is -2.49. The summed E-state index contributed by atoms with van der Waals surface area (Å²) in [5.74, 6) is 0.354. The predicted octanol–water partition coefficient (Wildman–Crippen LogP) is 5.26. The van der Waals surface area contributed by atoms with Gasteiger partial charge in [0.25, 0.3) is 0 Å². The minimum Gasteiger partial charge on any atom is -0.456 e. The number of piperidine rings is 1. The summed E-state index contributed by atoms with van der Waals surface area (Å²) in [6, 6.07) is 23.9. The first kappa shape index (κ1) is 18.7. The molecular weight excluding hydrogens is 404 g/mol. The third-order valence-electron chi connectivity index (χ3n) is 7.27. The van der Waals surface area contributed by atoms with Crippen LogP contribution in [0.3, 0.4) is 0 Å². The van der Waals surface area contributed by atoms with Crippen LogP contribution in [0.1, 0.15) is 23.7 Å². The van der Waals surface area contributed by atoms with Gasteiger partial charge in [-0.1, -0.05) is 66.8 Å². The second-order valence-electron chi connectivity index (χ2n) is 9.22. The molecule has 0 spiro atoms. The Morgan fingerprint density at radius 2 is 1.82 bits per heavy atom. The first-order valence-corrected chi connectivity index (χ1v) is 11.7. The van der Waals surface area contributed by atoms with E-state index in [-0.39, 0.29) is 12.1 Å². The second kappa shape index (κ2) is 7.08. The molecule has 2 aromatic carbocycles. The fraction of sp³-hybridized carbons (Fsp3) is 0.167. The molecule has 2 unspecified atom stereocenters. The average Bonchev–Trinajstić information content (AvgIpc) is 3.23. The SMILES string of the molecule is Cc1cccc(-c2ccccc2[C@@H]2C3C=c4c(oc5ccccc45)=C(C3)C3C=CC=CN32)n1. The molecule has 33 heavy (non-hydrogen) atoms. The number of aromatic nitrogens is 1. The van der Waals surface area contributed by atoms with Crippen LogP contribution in [0.4, 0.5) is 0 Å². The van der Waals surface area contributed by atoms with E-state index in [9.17, 15) is 0 Å². The van der Waals surface area contributed by atoms with Crippen LogP contribution in [-0.2, 0) is 0 Å². The Kier molecular flexibility index (Phi) is 4.01. The lowest BCUT2D eigenvalue weighted by atomic mass is 9.74. The molecule has 3 nitrogen and oxygen atoms in total. The number of para-hydroxylation sites is 1. The normalized spacial score (nSPS) is 22.8. The molecule has 2 bridgehead atoms. The largest absolute Gasteiger partial charge is 0.456 e. The summed E-state index contributed by atoms with van der Waals surface area (Å²) in [5, 5.41) is 2.47. The van der Waals surface area contributed by atoms with Crippen molar-refractivity contribution in [3.8, 4) is 11.3 Å². The molecule has 0 saturated carbocycles. The molecule has 1 fully saturated rings. The minimum atomic E-state index is 0.197. The van der Waals surface area contributed by atoms with Gasteiger partial charge in [-0.15, -0.1) is 0 Å². The van der Waals surface area contributed by atoms with Gasteiger partial charge in [-0.25, -0.2) is 0 Å². The van der Waals surface area contributed by atoms with Crippen molar-refractivity contribution in [1.82, 2.24) is 9.88 Å². The van der Waals surface area contributed by atoms with Gasteiger partial charge < -0.3 is 9.32 Å². The zero-order valence-corrected chi connectivity index (χ0v) is 18.5. The van der Waals surface area contributed by atoms with Gasteiger partial charge in [-0.2, -0.15) is 0 Å². The number of nitrogens with zero attached hydrogens (tertiary/aromatic N) is 2. The number of pyridine rings is 1. The van der Waals surface area contributed by atoms with E-state index < -0.39 is 0 Å². The van der Waals surface area contributed by atoms with Crippen LogP contribution < -0.4 is 10.6 Å². The summed E-state index contributed by atoms with van der Waals surface area (Å²) in [7, 11) is 0. The summed E-state index contributed by atoms with van der Waals surface area (Å²) < 4.78 is 6.41. The van der Waals surface area contributed by atoms with Crippen molar-refractivity contribution in [3.63, 3.8) is 0 Å². The van der Waals surface area contributed by atoms with E-state index >= 15 is 0 Å². The Morgan fingerprint density at radius 1 is 0.939 bits per heavy atom. The molecule has 1 saturated heterocycles. The number of furan rings is 1. The molecule has 0 amide bonds. The Morgan fingerprint density at radius 3 is 2.76 bits per heavy atom. The van der Waals surface area contributed by atoms with Crippen LogP contribution in [0.25, 0.3) is 33.9 Å². The van der Waals surface area contributed by atoms with Crippen LogP contribution in [0.15, 0.2) is 95.6 Å². The smallest absolute Gasteiger partial charge is 0.136 e. The predicted molar refractivity (Wildman–Crippen MR) is 133 cm³/mol. The van der Waals surface area contributed by atoms with Gasteiger partial charge in [0.05, 0.1) is 17.8 Å². The van der Waals surface area contributed by atoms with Crippen LogP contribution in [0.5, 0.6) is 0 Å². The van der Waals surface area contributed by atoms with Crippen LogP contribution in [-0.4, -0.2) is 15.9 Å². The van der Waals surface area contributed by atoms with E-state index in [4.69, 9.17) is 9.40 Å². The number of hydrogen-bond donors (Lipinski definition) is 0. The van der Waals surface area contributed by atoms with E-state index in [0.717, 1.165) is 28.8 Å². The Bertz CT molecular complexity index is 1590. The third-order valence-corrected chi connectivity index (χ3v) is 7.27. The number of allylic oxidation sites excluding steroid dienone is 2. The molecule has 7 rings (SSSR count). The molecule has 3 atom stereocenters. The quantitative estimate of drug-likeness (QED) is 0.436. The van der Waals surface area contributed by atoms with E-state index in [0.29, 0.717) is 5.92 Å². The van der Waals surface area contributed by atoms with Gasteiger partial charge in [-0.3, -0.25) is 4.98 Å². The highest BCUT2D eigenvalue weighted by Crippen LogP contribution is 2.47. The van der Waals surface area contributed by atoms with Gasteiger partial charge in [0.1, 0.15) is 11.0 Å². The summed E-state index contributed by atoms with van der Waals surface area (Å²) in [6.07, 6.45) is 12.3. The van der Waals surface area contributed by atoms with Gasteiger partial charge in [0, 0.05) is 39.6 Å². The van der Waals surface area contributed by atoms with Gasteiger partial charge in [0.15, 0.2) is 0 Å². The minimum absolute atomic E-state index is 0.197. The molecule has 1 aliphatic carbocycles. The third kappa shape index (κ3) is 2.78. The Balaban J connectivity index is 1.48. The summed E-state index contributed by atoms with van der Waals surface area (Å²) in [6.45, 7) is 2.06. The van der Waals surface area contributed by atoms with Gasteiger partial charge in [0.2, 0.25) is 0 Å². The van der Waals surface area contributed by atoms with E-state index in [1.54, 1.807) is 0 Å². The highest BCUT2D eigenvalue weighted by Gasteiger charge is 2.41. The Labute approximate surface area is 192 Å². The van der Waals surface area contributed by atoms with Crippen molar-refractivity contribution < 1.29 is 4.42 Å². The van der Waals surface area contributed by atoms with Crippen LogP contribution in [0.2, 0.25) is 0 Å². The zero-order valence-electron chi connectivity index (χ0n) is 18.5. The van der Waals surface area contributed by atoms with E-state index in [1.165, 1.54) is 27.3 Å². The average molecular weight is 429 g/mol. The first-order valence-electron chi connectivity index (χ1n) is 11.7. The van der Waals surface area contributed by atoms with E-state index in [1.807, 2.05) is 0 Å². The summed E-state index contributed by atoms with van der Waals surface area (Å²) in [5.41, 5.74) is 8.05. The molecule has 0 radical (unpaired) electrons. The molecular formula is C30H24N2O. The van der Waals surface area contributed by atoms with Crippen molar-refractivity contribution in [2.24, 2.45) is 5.92 Å². The number of rotatable bonds is 2. The molecule has 2 aromatic heterocycles. The molecule has 4 heterocycles. The Hall–Kier alpha value is -3.85. The van der Waals surface area contributed by atoms with E-state index in [2.05, 4.69) is 109 Å². The van der Waals surface area contributed by atoms with Crippen LogP contribution in [0, 0.1) is 12.8 Å². The molecule has 3 aliphatic rings. The number of benzene rings is 2. The fourth-order valence-corrected chi connectivity index (χ4v) is 5.91. The maximum absolute atomic E-state index is 6.41. The number of fused-ring (bicyclic) bond motifs is 7. The van der Waals surface area contributed by atoms with Crippen molar-refractivity contribution >= 4 is 22.6 Å². The standard InChI is InChI=1S/C30H24N2O/c1-19-9-8-13-26(31-19)21-10-2-3-12-23(21)29-20-17-24-22-11-4-5-15-28(22)33-30(24)25(18-20)27-14-6-7-16-32(27)29/h2-17,20,27,29H,18H2,1H3/t20?,27?,29-/m0/s1. The lowest BCUT2D eigenvalue weighted by molar-refractivity contribution is 0.194. The molecule has 0 N–H and O–H groups in total. The monoisotopic (exact) mass is 428 g/mol. The zero-order chi connectivity index (χ0) is 21.9. The highest BCUT2D eigenvalue weighted by atomic mass is 16.3. The molecule has 4 aromatic rings. The summed E-state index contributed by atoms with van der Waals surface area (Å²) in [4.78, 5) is 7.39. The summed E-state index contributed by atoms with van der Waals surface area (Å²) >= 11 is 0. The molecule has 2 aliphatic heterocycles. The van der Waals surface area contributed by atoms with Crippen molar-refractivity contribution in [1.29, 1.82) is 0 Å². The molecule has 3 heteroatoms. The highest BCUT2D eigenvalue weighted by molar-refractivity contribution is 5.81. The van der Waals surface area contributed by atoms with Crippen LogP contribution >= 0.6 is 0 Å². The number of aryl methyl sites for hydroxylation is 1. The van der Waals surface area contributed by atoms with Gasteiger partial charge >= 0.3 is 0 Å². The molecule has 160 valence electrons. The lowest BCUT2D eigenvalue weighted by Gasteiger charge is -2.48. The van der Waals surface area contributed by atoms with Gasteiger partial charge in [-0.05, 0) is 43.2 Å². The van der Waals surface area contributed by atoms with Crippen molar-refractivity contribution in [2.75, 3.05) is 0 Å². The maximum Gasteiger partial charge on any atom is 0.136 e. The topological polar surface area (TPSA) is 29.3 Å².